The Morgan fingerprint density at radius 3 is 2.35 bits per heavy atom. The van der Waals surface area contributed by atoms with Crippen LogP contribution < -0.4 is 9.80 Å². The molecule has 0 aliphatic carbocycles. The lowest BCUT2D eigenvalue weighted by atomic mass is 10.2. The van der Waals surface area contributed by atoms with Gasteiger partial charge in [-0.05, 0) is 43.7 Å². The zero-order chi connectivity index (χ0) is 19.3. The van der Waals surface area contributed by atoms with E-state index in [9.17, 15) is 9.59 Å². The summed E-state index contributed by atoms with van der Waals surface area (Å²) in [7, 11) is 0. The van der Waals surface area contributed by atoms with Gasteiger partial charge in [-0.25, -0.2) is 0 Å². The minimum atomic E-state index is -0.194. The predicted octanol–water partition coefficient (Wildman–Crippen LogP) is 5.10. The molecule has 26 heavy (non-hydrogen) atoms. The number of hydrogen-bond acceptors (Lipinski definition) is 2. The minimum absolute atomic E-state index is 0.0532. The van der Waals surface area contributed by atoms with Gasteiger partial charge in [0.05, 0.1) is 15.7 Å². The number of hydrogen-bond donors (Lipinski definition) is 0. The fraction of sp³-hybridized carbons (Fsp3) is 0.300. The van der Waals surface area contributed by atoms with E-state index in [2.05, 4.69) is 0 Å². The lowest BCUT2D eigenvalue weighted by Gasteiger charge is -2.25. The van der Waals surface area contributed by atoms with E-state index >= 15 is 0 Å². The Hall–Kier alpha value is -2.04. The molecule has 0 saturated heterocycles. The molecule has 138 valence electrons. The van der Waals surface area contributed by atoms with Gasteiger partial charge in [-0.3, -0.25) is 9.59 Å². The van der Waals surface area contributed by atoms with E-state index in [1.807, 2.05) is 38.1 Å². The summed E-state index contributed by atoms with van der Waals surface area (Å²) in [5.74, 6) is -0.247. The molecule has 4 nitrogen and oxygen atoms in total. The van der Waals surface area contributed by atoms with Crippen LogP contribution in [0.4, 0.5) is 11.4 Å². The molecule has 0 radical (unpaired) electrons. The second kappa shape index (κ2) is 9.06. The molecule has 2 aromatic rings. The molecule has 2 amide bonds. The fourth-order valence-corrected chi connectivity index (χ4v) is 3.19. The number of rotatable bonds is 6. The monoisotopic (exact) mass is 392 g/mol. The molecule has 2 rings (SSSR count). The van der Waals surface area contributed by atoms with Gasteiger partial charge in [-0.2, -0.15) is 0 Å². The number of anilines is 2. The van der Waals surface area contributed by atoms with Crippen molar-refractivity contribution >= 4 is 46.4 Å². The lowest BCUT2D eigenvalue weighted by molar-refractivity contribution is -0.118. The molecular formula is C20H22Cl2N2O2. The Morgan fingerprint density at radius 1 is 1.04 bits per heavy atom. The third-order valence-corrected chi connectivity index (χ3v) is 4.89. The Morgan fingerprint density at radius 2 is 1.73 bits per heavy atom. The molecule has 0 heterocycles. The summed E-state index contributed by atoms with van der Waals surface area (Å²) >= 11 is 12.3. The molecule has 0 atom stereocenters. The van der Waals surface area contributed by atoms with Gasteiger partial charge in [0.15, 0.2) is 0 Å². The van der Waals surface area contributed by atoms with Crippen molar-refractivity contribution in [3.05, 3.63) is 58.1 Å². The second-order valence-electron chi connectivity index (χ2n) is 5.97. The highest BCUT2D eigenvalue weighted by atomic mass is 35.5. The quantitative estimate of drug-likeness (QED) is 0.685. The number of aryl methyl sites for hydroxylation is 1. The molecule has 0 fully saturated rings. The van der Waals surface area contributed by atoms with E-state index in [-0.39, 0.29) is 24.8 Å². The average molecular weight is 393 g/mol. The van der Waals surface area contributed by atoms with Crippen molar-refractivity contribution in [1.29, 1.82) is 0 Å². The Labute approximate surface area is 164 Å². The number of carbonyl (C=O) groups excluding carboxylic acids is 2. The Kier molecular flexibility index (Phi) is 7.06. The van der Waals surface area contributed by atoms with E-state index < -0.39 is 0 Å². The largest absolute Gasteiger partial charge is 0.313 e. The van der Waals surface area contributed by atoms with Gasteiger partial charge >= 0.3 is 0 Å². The van der Waals surface area contributed by atoms with Gasteiger partial charge in [-0.15, -0.1) is 0 Å². The molecule has 0 saturated carbocycles. The molecule has 6 heteroatoms. The van der Waals surface area contributed by atoms with Crippen LogP contribution in [0.3, 0.4) is 0 Å². The molecule has 0 unspecified atom stereocenters. The van der Waals surface area contributed by atoms with Gasteiger partial charge in [0, 0.05) is 32.1 Å². The van der Waals surface area contributed by atoms with Crippen LogP contribution in [0.5, 0.6) is 0 Å². The van der Waals surface area contributed by atoms with Crippen LogP contribution in [0.25, 0.3) is 0 Å². The first kappa shape index (κ1) is 20.3. The smallest absolute Gasteiger partial charge is 0.228 e. The third-order valence-electron chi connectivity index (χ3n) is 4.08. The summed E-state index contributed by atoms with van der Waals surface area (Å²) < 4.78 is 0. The van der Waals surface area contributed by atoms with Crippen LogP contribution in [-0.4, -0.2) is 24.9 Å². The van der Waals surface area contributed by atoms with Gasteiger partial charge in [-0.1, -0.05) is 41.4 Å². The first-order chi connectivity index (χ1) is 12.3. The number of halogens is 2. The van der Waals surface area contributed by atoms with Gasteiger partial charge < -0.3 is 9.80 Å². The van der Waals surface area contributed by atoms with Crippen molar-refractivity contribution in [1.82, 2.24) is 0 Å². The zero-order valence-electron chi connectivity index (χ0n) is 15.1. The van der Waals surface area contributed by atoms with Crippen LogP contribution in [0, 0.1) is 6.92 Å². The number of carbonyl (C=O) groups is 2. The summed E-state index contributed by atoms with van der Waals surface area (Å²) in [6, 6.07) is 12.9. The normalized spacial score (nSPS) is 10.5. The Balaban J connectivity index is 2.16. The molecule has 0 aliphatic rings. The topological polar surface area (TPSA) is 40.6 Å². The first-order valence-corrected chi connectivity index (χ1v) is 9.20. The highest BCUT2D eigenvalue weighted by Crippen LogP contribution is 2.32. The summed E-state index contributed by atoms with van der Waals surface area (Å²) in [4.78, 5) is 28.0. The maximum Gasteiger partial charge on any atom is 0.228 e. The van der Waals surface area contributed by atoms with Gasteiger partial charge in [0.2, 0.25) is 11.8 Å². The minimum Gasteiger partial charge on any atom is -0.313 e. The highest BCUT2D eigenvalue weighted by Gasteiger charge is 2.20. The van der Waals surface area contributed by atoms with Gasteiger partial charge in [0.1, 0.15) is 0 Å². The number of nitrogens with zero attached hydrogens (tertiary/aromatic N) is 2. The van der Waals surface area contributed by atoms with Crippen molar-refractivity contribution in [2.45, 2.75) is 27.2 Å². The van der Waals surface area contributed by atoms with E-state index in [0.29, 0.717) is 22.3 Å². The summed E-state index contributed by atoms with van der Waals surface area (Å²) in [5, 5.41) is 0.680. The average Bonchev–Trinajstić information content (AvgIpc) is 2.59. The van der Waals surface area contributed by atoms with Gasteiger partial charge in [0.25, 0.3) is 0 Å². The summed E-state index contributed by atoms with van der Waals surface area (Å²) in [5.41, 5.74) is 2.45. The van der Waals surface area contributed by atoms with Crippen molar-refractivity contribution in [2.75, 3.05) is 22.9 Å². The maximum atomic E-state index is 12.7. The van der Waals surface area contributed by atoms with E-state index in [0.717, 1.165) is 11.3 Å². The van der Waals surface area contributed by atoms with Crippen molar-refractivity contribution in [2.24, 2.45) is 0 Å². The molecular weight excluding hydrogens is 371 g/mol. The second-order valence-corrected chi connectivity index (χ2v) is 6.76. The fourth-order valence-electron chi connectivity index (χ4n) is 2.79. The van der Waals surface area contributed by atoms with Crippen LogP contribution in [0.15, 0.2) is 42.5 Å². The van der Waals surface area contributed by atoms with Crippen LogP contribution in [0.1, 0.15) is 25.8 Å². The molecule has 0 aliphatic heterocycles. The zero-order valence-corrected chi connectivity index (χ0v) is 16.6. The lowest BCUT2D eigenvalue weighted by Crippen LogP contribution is -2.36. The molecule has 0 aromatic heterocycles. The molecule has 0 spiro atoms. The predicted molar refractivity (Wildman–Crippen MR) is 108 cm³/mol. The molecule has 2 aromatic carbocycles. The van der Waals surface area contributed by atoms with E-state index in [1.54, 1.807) is 23.1 Å². The van der Waals surface area contributed by atoms with E-state index in [1.165, 1.54) is 11.8 Å². The highest BCUT2D eigenvalue weighted by molar-refractivity contribution is 6.44. The third kappa shape index (κ3) is 4.77. The SMILES string of the molecule is CCN(C(=O)CCN(C(C)=O)c1cccc(Cl)c1Cl)c1cccc(C)c1. The maximum absolute atomic E-state index is 12.7. The van der Waals surface area contributed by atoms with Crippen LogP contribution in [-0.2, 0) is 9.59 Å². The molecule has 0 bridgehead atoms. The van der Waals surface area contributed by atoms with Crippen molar-refractivity contribution < 1.29 is 9.59 Å². The van der Waals surface area contributed by atoms with Crippen molar-refractivity contribution in [3.8, 4) is 0 Å². The summed E-state index contributed by atoms with van der Waals surface area (Å²) in [6.07, 6.45) is 0.185. The van der Waals surface area contributed by atoms with Crippen LogP contribution in [0.2, 0.25) is 10.0 Å². The molecule has 0 N–H and O–H groups in total. The number of benzene rings is 2. The van der Waals surface area contributed by atoms with Crippen LogP contribution >= 0.6 is 23.2 Å². The standard InChI is InChI=1S/C20H22Cl2N2O2/c1-4-23(16-8-5-7-14(2)13-16)19(26)11-12-24(15(3)25)18-10-6-9-17(21)20(18)22/h5-10,13H,4,11-12H2,1-3H3. The number of amides is 2. The summed E-state index contributed by atoms with van der Waals surface area (Å²) in [6.45, 7) is 6.15. The Bertz CT molecular complexity index is 808. The van der Waals surface area contributed by atoms with Crippen molar-refractivity contribution in [3.63, 3.8) is 0 Å². The van der Waals surface area contributed by atoms with E-state index in [4.69, 9.17) is 23.2 Å². The first-order valence-electron chi connectivity index (χ1n) is 8.44.